The van der Waals surface area contributed by atoms with Gasteiger partial charge in [0.1, 0.15) is 0 Å². The van der Waals surface area contributed by atoms with Crippen LogP contribution >= 0.6 is 11.3 Å². The van der Waals surface area contributed by atoms with E-state index in [1.165, 1.54) is 11.3 Å². The van der Waals surface area contributed by atoms with E-state index in [1.807, 2.05) is 0 Å². The largest absolute Gasteiger partial charge is 0.360 e. The van der Waals surface area contributed by atoms with Gasteiger partial charge >= 0.3 is 0 Å². The molecule has 0 saturated heterocycles. The molecule has 1 aromatic rings. The summed E-state index contributed by atoms with van der Waals surface area (Å²) in [6.45, 7) is 0.780. The Labute approximate surface area is 106 Å². The first-order chi connectivity index (χ1) is 8.22. The average molecular weight is 274 g/mol. The lowest BCUT2D eigenvalue weighted by Crippen LogP contribution is -2.00. The molecule has 0 unspecified atom stereocenters. The standard InChI is InChI=1S/C9H14N4O2S2/c1-2-3-4-5-6-7-10-8-11-12-9(16-8)13-17(14)15/h1,17H,3-7H2,(H,10,11)(H,12,13,14,15). The van der Waals surface area contributed by atoms with Crippen LogP contribution in [0, 0.1) is 12.3 Å². The van der Waals surface area contributed by atoms with Crippen molar-refractivity contribution in [3.8, 4) is 12.3 Å². The second-order valence-corrected chi connectivity index (χ2v) is 4.94. The van der Waals surface area contributed by atoms with Crippen LogP contribution in [-0.4, -0.2) is 25.2 Å². The lowest BCUT2D eigenvalue weighted by atomic mass is 10.2. The minimum Gasteiger partial charge on any atom is -0.360 e. The van der Waals surface area contributed by atoms with E-state index in [4.69, 9.17) is 6.42 Å². The SMILES string of the molecule is C#CCCCCCNc1nnc(N[SH](=O)=O)s1. The van der Waals surface area contributed by atoms with Crippen molar-refractivity contribution >= 4 is 32.5 Å². The van der Waals surface area contributed by atoms with E-state index in [0.717, 1.165) is 32.2 Å². The highest BCUT2D eigenvalue weighted by Crippen LogP contribution is 2.19. The van der Waals surface area contributed by atoms with Gasteiger partial charge in [-0.2, -0.15) is 0 Å². The van der Waals surface area contributed by atoms with Gasteiger partial charge in [-0.15, -0.1) is 22.5 Å². The summed E-state index contributed by atoms with van der Waals surface area (Å²) in [5.41, 5.74) is 0. The van der Waals surface area contributed by atoms with Crippen LogP contribution in [0.2, 0.25) is 0 Å². The highest BCUT2D eigenvalue weighted by atomic mass is 32.2. The van der Waals surface area contributed by atoms with Crippen molar-refractivity contribution < 1.29 is 8.42 Å². The summed E-state index contributed by atoms with van der Waals surface area (Å²) < 4.78 is 22.9. The van der Waals surface area contributed by atoms with Gasteiger partial charge in [-0.25, -0.2) is 8.42 Å². The molecule has 0 spiro atoms. The number of anilines is 2. The summed E-state index contributed by atoms with van der Waals surface area (Å²) in [5.74, 6) is 2.59. The molecular weight excluding hydrogens is 260 g/mol. The number of unbranched alkanes of at least 4 members (excludes halogenated alkanes) is 3. The van der Waals surface area contributed by atoms with Crippen molar-refractivity contribution in [2.45, 2.75) is 25.7 Å². The third-order valence-corrected chi connectivity index (χ3v) is 3.23. The van der Waals surface area contributed by atoms with Gasteiger partial charge in [-0.05, 0) is 12.8 Å². The summed E-state index contributed by atoms with van der Waals surface area (Å²) in [4.78, 5) is 0. The summed E-state index contributed by atoms with van der Waals surface area (Å²) in [6, 6.07) is 0. The first-order valence-electron chi connectivity index (χ1n) is 5.14. The van der Waals surface area contributed by atoms with Crippen LogP contribution in [0.25, 0.3) is 0 Å². The zero-order valence-corrected chi connectivity index (χ0v) is 10.9. The van der Waals surface area contributed by atoms with E-state index in [2.05, 4.69) is 26.2 Å². The van der Waals surface area contributed by atoms with Crippen molar-refractivity contribution in [3.63, 3.8) is 0 Å². The van der Waals surface area contributed by atoms with Crippen LogP contribution in [0.3, 0.4) is 0 Å². The topological polar surface area (TPSA) is 84.0 Å². The van der Waals surface area contributed by atoms with E-state index in [0.29, 0.717) is 5.13 Å². The van der Waals surface area contributed by atoms with Crippen molar-refractivity contribution in [2.24, 2.45) is 0 Å². The summed E-state index contributed by atoms with van der Waals surface area (Å²) in [6.07, 6.45) is 9.04. The van der Waals surface area contributed by atoms with Crippen molar-refractivity contribution in [1.29, 1.82) is 0 Å². The molecule has 0 amide bonds. The lowest BCUT2D eigenvalue weighted by Gasteiger charge is -2.00. The fourth-order valence-electron chi connectivity index (χ4n) is 1.14. The Kier molecular flexibility index (Phi) is 6.35. The second kappa shape index (κ2) is 7.86. The summed E-state index contributed by atoms with van der Waals surface area (Å²) >= 11 is 1.17. The van der Waals surface area contributed by atoms with Gasteiger partial charge in [0, 0.05) is 13.0 Å². The number of thiol groups is 1. The maximum Gasteiger partial charge on any atom is 0.224 e. The Balaban J connectivity index is 2.19. The molecule has 0 aliphatic heterocycles. The Hall–Kier alpha value is -1.33. The number of nitrogens with one attached hydrogen (secondary N) is 2. The molecule has 2 N–H and O–H groups in total. The molecule has 0 aliphatic carbocycles. The zero-order chi connectivity index (χ0) is 12.5. The maximum absolute atomic E-state index is 10.4. The lowest BCUT2D eigenvalue weighted by molar-refractivity contribution is 0.619. The van der Waals surface area contributed by atoms with Gasteiger partial charge in [-0.1, -0.05) is 17.8 Å². The molecule has 0 fully saturated rings. The minimum atomic E-state index is -2.67. The number of aromatic nitrogens is 2. The Morgan fingerprint density at radius 1 is 1.24 bits per heavy atom. The predicted molar refractivity (Wildman–Crippen MR) is 69.6 cm³/mol. The number of nitrogens with zero attached hydrogens (tertiary/aromatic N) is 2. The Bertz CT molecular complexity index is 442. The van der Waals surface area contributed by atoms with Gasteiger partial charge in [0.05, 0.1) is 0 Å². The monoisotopic (exact) mass is 274 g/mol. The first-order valence-corrected chi connectivity index (χ1v) is 7.13. The quantitative estimate of drug-likeness (QED) is 0.375. The molecule has 0 saturated carbocycles. The fraction of sp³-hybridized carbons (Fsp3) is 0.556. The molecule has 1 aromatic heterocycles. The van der Waals surface area contributed by atoms with E-state index in [9.17, 15) is 8.42 Å². The second-order valence-electron chi connectivity index (χ2n) is 3.22. The molecule has 1 heterocycles. The predicted octanol–water partition coefficient (Wildman–Crippen LogP) is 1.08. The molecule has 0 radical (unpaired) electrons. The molecule has 1 rings (SSSR count). The van der Waals surface area contributed by atoms with Gasteiger partial charge in [0.2, 0.25) is 21.2 Å². The molecule has 8 heteroatoms. The van der Waals surface area contributed by atoms with Crippen LogP contribution in [0.1, 0.15) is 25.7 Å². The van der Waals surface area contributed by atoms with Crippen LogP contribution in [0.5, 0.6) is 0 Å². The number of terminal acetylenes is 1. The molecule has 0 bridgehead atoms. The molecular formula is C9H14N4O2S2. The molecule has 0 aromatic carbocycles. The average Bonchev–Trinajstić information content (AvgIpc) is 2.70. The van der Waals surface area contributed by atoms with Crippen molar-refractivity contribution in [3.05, 3.63) is 0 Å². The Morgan fingerprint density at radius 2 is 2.00 bits per heavy atom. The van der Waals surface area contributed by atoms with E-state index < -0.39 is 10.9 Å². The highest BCUT2D eigenvalue weighted by Gasteiger charge is 2.02. The highest BCUT2D eigenvalue weighted by molar-refractivity contribution is 7.74. The summed E-state index contributed by atoms with van der Waals surface area (Å²) in [7, 11) is -2.67. The van der Waals surface area contributed by atoms with Crippen molar-refractivity contribution in [1.82, 2.24) is 10.2 Å². The van der Waals surface area contributed by atoms with Crippen LogP contribution in [0.4, 0.5) is 10.3 Å². The molecule has 0 atom stereocenters. The maximum atomic E-state index is 10.4. The normalized spacial score (nSPS) is 10.1. The smallest absolute Gasteiger partial charge is 0.224 e. The number of hydrogen-bond donors (Lipinski definition) is 3. The van der Waals surface area contributed by atoms with Gasteiger partial charge in [0.25, 0.3) is 0 Å². The van der Waals surface area contributed by atoms with E-state index >= 15 is 0 Å². The van der Waals surface area contributed by atoms with E-state index in [-0.39, 0.29) is 5.13 Å². The minimum absolute atomic E-state index is 0.274. The third kappa shape index (κ3) is 6.09. The molecule has 6 nitrogen and oxygen atoms in total. The van der Waals surface area contributed by atoms with Crippen LogP contribution in [0.15, 0.2) is 0 Å². The first kappa shape index (κ1) is 13.7. The van der Waals surface area contributed by atoms with E-state index in [1.54, 1.807) is 0 Å². The van der Waals surface area contributed by atoms with Crippen LogP contribution in [-0.2, 0) is 10.9 Å². The molecule has 17 heavy (non-hydrogen) atoms. The van der Waals surface area contributed by atoms with Gasteiger partial charge in [0.15, 0.2) is 0 Å². The fourth-order valence-corrected chi connectivity index (χ4v) is 2.27. The molecule has 0 aliphatic rings. The van der Waals surface area contributed by atoms with Crippen LogP contribution < -0.4 is 10.0 Å². The van der Waals surface area contributed by atoms with Crippen molar-refractivity contribution in [2.75, 3.05) is 16.6 Å². The number of rotatable bonds is 8. The Morgan fingerprint density at radius 3 is 2.71 bits per heavy atom. The van der Waals surface area contributed by atoms with Gasteiger partial charge < -0.3 is 5.32 Å². The number of hydrogen-bond acceptors (Lipinski definition) is 6. The molecule has 94 valence electrons. The summed E-state index contributed by atoms with van der Waals surface area (Å²) in [5, 5.41) is 11.4. The van der Waals surface area contributed by atoms with Gasteiger partial charge in [-0.3, -0.25) is 4.72 Å². The third-order valence-electron chi connectivity index (χ3n) is 1.89. The zero-order valence-electron chi connectivity index (χ0n) is 9.18.